The summed E-state index contributed by atoms with van der Waals surface area (Å²) in [6.07, 6.45) is 2.03. The van der Waals surface area contributed by atoms with E-state index < -0.39 is 5.82 Å². The Kier molecular flexibility index (Phi) is 5.63. The third-order valence-corrected chi connectivity index (χ3v) is 4.14. The van der Waals surface area contributed by atoms with E-state index in [9.17, 15) is 14.0 Å². The maximum atomic E-state index is 13.6. The van der Waals surface area contributed by atoms with Gasteiger partial charge in [-0.3, -0.25) is 9.59 Å². The molecule has 27 heavy (non-hydrogen) atoms. The molecule has 3 rings (SSSR count). The average Bonchev–Trinajstić information content (AvgIpc) is 2.62. The van der Waals surface area contributed by atoms with Crippen molar-refractivity contribution in [2.45, 2.75) is 32.8 Å². The van der Waals surface area contributed by atoms with E-state index in [0.717, 1.165) is 0 Å². The first kappa shape index (κ1) is 18.8. The predicted octanol–water partition coefficient (Wildman–Crippen LogP) is 2.53. The minimum absolute atomic E-state index is 0.0441. The van der Waals surface area contributed by atoms with Gasteiger partial charge in [0.25, 0.3) is 0 Å². The fraction of sp³-hybridized carbons (Fsp3) is 0.368. The van der Waals surface area contributed by atoms with E-state index in [1.54, 1.807) is 12.1 Å². The summed E-state index contributed by atoms with van der Waals surface area (Å²) < 4.78 is 19.3. The Bertz CT molecular complexity index is 847. The van der Waals surface area contributed by atoms with Crippen LogP contribution in [0, 0.1) is 11.7 Å². The van der Waals surface area contributed by atoms with E-state index in [1.807, 2.05) is 13.8 Å². The number of benzene rings is 1. The van der Waals surface area contributed by atoms with Gasteiger partial charge in [0.2, 0.25) is 11.8 Å². The number of aromatic nitrogens is 2. The van der Waals surface area contributed by atoms with E-state index in [-0.39, 0.29) is 23.8 Å². The molecule has 2 N–H and O–H groups in total. The third-order valence-electron chi connectivity index (χ3n) is 4.14. The van der Waals surface area contributed by atoms with Crippen molar-refractivity contribution < 1.29 is 18.7 Å². The summed E-state index contributed by atoms with van der Waals surface area (Å²) in [6, 6.07) is 5.82. The van der Waals surface area contributed by atoms with Gasteiger partial charge in [0.1, 0.15) is 23.7 Å². The van der Waals surface area contributed by atoms with Crippen molar-refractivity contribution in [3.63, 3.8) is 0 Å². The summed E-state index contributed by atoms with van der Waals surface area (Å²) in [4.78, 5) is 31.9. The molecule has 1 aromatic heterocycles. The van der Waals surface area contributed by atoms with Crippen LogP contribution in [-0.4, -0.2) is 34.4 Å². The molecule has 142 valence electrons. The van der Waals surface area contributed by atoms with E-state index in [1.165, 1.54) is 18.5 Å². The van der Waals surface area contributed by atoms with Crippen molar-refractivity contribution >= 4 is 17.6 Å². The van der Waals surface area contributed by atoms with Crippen molar-refractivity contribution in [3.05, 3.63) is 36.4 Å². The van der Waals surface area contributed by atoms with Crippen LogP contribution in [0.15, 0.2) is 30.6 Å². The number of anilines is 1. The van der Waals surface area contributed by atoms with Gasteiger partial charge in [-0.1, -0.05) is 0 Å². The molecule has 2 amide bonds. The molecular weight excluding hydrogens is 351 g/mol. The number of halogens is 1. The molecule has 0 aliphatic carbocycles. The maximum Gasteiger partial charge on any atom is 0.230 e. The zero-order valence-electron chi connectivity index (χ0n) is 15.2. The van der Waals surface area contributed by atoms with Crippen LogP contribution in [0.2, 0.25) is 0 Å². The fourth-order valence-corrected chi connectivity index (χ4v) is 2.82. The molecular formula is C19H21FN4O3. The Morgan fingerprint density at radius 1 is 1.33 bits per heavy atom. The standard InChI is InChI=1S/C19H21FN4O3/c1-11(2)27-16-7-13(20)4-5-14(16)15-8-17(23-10-22-15)24-19(26)12-3-6-18(25)21-9-12/h4-5,7-8,10-12H,3,6,9H2,1-2H3,(H,21,25)(H,22,23,24,26). The zero-order valence-corrected chi connectivity index (χ0v) is 15.2. The molecule has 1 unspecified atom stereocenters. The normalized spacial score (nSPS) is 16.7. The number of carbonyl (C=O) groups is 2. The zero-order chi connectivity index (χ0) is 19.4. The molecule has 0 spiro atoms. The lowest BCUT2D eigenvalue weighted by atomic mass is 9.98. The second-order valence-electron chi connectivity index (χ2n) is 6.62. The molecule has 1 aromatic carbocycles. The van der Waals surface area contributed by atoms with E-state index in [2.05, 4.69) is 20.6 Å². The number of hydrogen-bond donors (Lipinski definition) is 2. The van der Waals surface area contributed by atoms with Crippen LogP contribution in [0.1, 0.15) is 26.7 Å². The first-order chi connectivity index (χ1) is 12.9. The lowest BCUT2D eigenvalue weighted by Crippen LogP contribution is -2.40. The average molecular weight is 372 g/mol. The van der Waals surface area contributed by atoms with Gasteiger partial charge in [-0.15, -0.1) is 0 Å². The molecule has 0 saturated carbocycles. The van der Waals surface area contributed by atoms with Crippen LogP contribution in [0.5, 0.6) is 5.75 Å². The molecule has 1 saturated heterocycles. The number of nitrogens with zero attached hydrogens (tertiary/aromatic N) is 2. The first-order valence-electron chi connectivity index (χ1n) is 8.78. The van der Waals surface area contributed by atoms with Crippen molar-refractivity contribution in [2.75, 3.05) is 11.9 Å². The SMILES string of the molecule is CC(C)Oc1cc(F)ccc1-c1cc(NC(=O)C2CCC(=O)NC2)ncn1. The molecule has 2 aromatic rings. The van der Waals surface area contributed by atoms with Gasteiger partial charge in [-0.2, -0.15) is 0 Å². The van der Waals surface area contributed by atoms with Gasteiger partial charge in [0.05, 0.1) is 17.7 Å². The molecule has 2 heterocycles. The third kappa shape index (κ3) is 4.78. The minimum Gasteiger partial charge on any atom is -0.490 e. The largest absolute Gasteiger partial charge is 0.490 e. The molecule has 1 aliphatic heterocycles. The topological polar surface area (TPSA) is 93.2 Å². The Morgan fingerprint density at radius 3 is 2.85 bits per heavy atom. The van der Waals surface area contributed by atoms with Crippen molar-refractivity contribution in [1.82, 2.24) is 15.3 Å². The van der Waals surface area contributed by atoms with Crippen LogP contribution in [0.3, 0.4) is 0 Å². The molecule has 8 heteroatoms. The summed E-state index contributed by atoms with van der Waals surface area (Å²) in [5.41, 5.74) is 1.11. The van der Waals surface area contributed by atoms with Gasteiger partial charge in [0, 0.05) is 30.7 Å². The summed E-state index contributed by atoms with van der Waals surface area (Å²) >= 11 is 0. The van der Waals surface area contributed by atoms with Gasteiger partial charge < -0.3 is 15.4 Å². The fourth-order valence-electron chi connectivity index (χ4n) is 2.82. The highest BCUT2D eigenvalue weighted by atomic mass is 19.1. The lowest BCUT2D eigenvalue weighted by molar-refractivity contribution is -0.126. The second kappa shape index (κ2) is 8.11. The molecule has 1 aliphatic rings. The lowest BCUT2D eigenvalue weighted by Gasteiger charge is -2.21. The summed E-state index contributed by atoms with van der Waals surface area (Å²) in [5.74, 6) is -0.254. The van der Waals surface area contributed by atoms with Crippen molar-refractivity contribution in [1.29, 1.82) is 0 Å². The van der Waals surface area contributed by atoms with Crippen molar-refractivity contribution in [3.8, 4) is 17.0 Å². The van der Waals surface area contributed by atoms with Crippen LogP contribution in [-0.2, 0) is 9.59 Å². The Labute approximate surface area is 156 Å². The highest BCUT2D eigenvalue weighted by molar-refractivity contribution is 5.93. The minimum atomic E-state index is -0.406. The molecule has 0 bridgehead atoms. The maximum absolute atomic E-state index is 13.6. The molecule has 1 fully saturated rings. The number of hydrogen-bond acceptors (Lipinski definition) is 5. The van der Waals surface area contributed by atoms with Crippen LogP contribution < -0.4 is 15.4 Å². The van der Waals surface area contributed by atoms with Gasteiger partial charge in [0.15, 0.2) is 0 Å². The van der Waals surface area contributed by atoms with E-state index in [0.29, 0.717) is 42.2 Å². The molecule has 7 nitrogen and oxygen atoms in total. The number of ether oxygens (including phenoxy) is 1. The summed E-state index contributed by atoms with van der Waals surface area (Å²) in [6.45, 7) is 4.01. The first-order valence-corrected chi connectivity index (χ1v) is 8.78. The molecule has 1 atom stereocenters. The Morgan fingerprint density at radius 2 is 2.15 bits per heavy atom. The van der Waals surface area contributed by atoms with Crippen LogP contribution in [0.4, 0.5) is 10.2 Å². The Balaban J connectivity index is 1.80. The smallest absolute Gasteiger partial charge is 0.230 e. The monoisotopic (exact) mass is 372 g/mol. The second-order valence-corrected chi connectivity index (χ2v) is 6.62. The van der Waals surface area contributed by atoms with E-state index >= 15 is 0 Å². The quantitative estimate of drug-likeness (QED) is 0.841. The van der Waals surface area contributed by atoms with Crippen LogP contribution in [0.25, 0.3) is 11.3 Å². The summed E-state index contributed by atoms with van der Waals surface area (Å²) in [7, 11) is 0. The predicted molar refractivity (Wildman–Crippen MR) is 97.6 cm³/mol. The number of carbonyl (C=O) groups excluding carboxylic acids is 2. The number of nitrogens with one attached hydrogen (secondary N) is 2. The Hall–Kier alpha value is -3.03. The van der Waals surface area contributed by atoms with Crippen molar-refractivity contribution in [2.24, 2.45) is 5.92 Å². The van der Waals surface area contributed by atoms with Crippen LogP contribution >= 0.6 is 0 Å². The van der Waals surface area contributed by atoms with E-state index in [4.69, 9.17) is 4.74 Å². The number of rotatable bonds is 5. The number of piperidine rings is 1. The highest BCUT2D eigenvalue weighted by Gasteiger charge is 2.24. The highest BCUT2D eigenvalue weighted by Crippen LogP contribution is 2.31. The molecule has 0 radical (unpaired) electrons. The summed E-state index contributed by atoms with van der Waals surface area (Å²) in [5, 5.41) is 5.43. The number of amides is 2. The van der Waals surface area contributed by atoms with Gasteiger partial charge >= 0.3 is 0 Å². The van der Waals surface area contributed by atoms with Gasteiger partial charge in [-0.25, -0.2) is 14.4 Å². The van der Waals surface area contributed by atoms with Gasteiger partial charge in [-0.05, 0) is 32.4 Å².